The van der Waals surface area contributed by atoms with E-state index >= 15 is 0 Å². The molecule has 1 N–H and O–H groups in total. The first kappa shape index (κ1) is 18.9. The molecule has 142 valence electrons. The van der Waals surface area contributed by atoms with Crippen LogP contribution in [0.1, 0.15) is 24.7 Å². The van der Waals surface area contributed by atoms with Gasteiger partial charge in [0.2, 0.25) is 10.7 Å². The molecule has 3 rings (SSSR count). The van der Waals surface area contributed by atoms with Gasteiger partial charge < -0.3 is 10.1 Å². The molecule has 0 atom stereocenters. The monoisotopic (exact) mass is 385 g/mol. The molecule has 1 aromatic carbocycles. The summed E-state index contributed by atoms with van der Waals surface area (Å²) in [5.41, 5.74) is 0.997. The first-order valence-electron chi connectivity index (χ1n) is 8.84. The molecular formula is C19H23N5O2S. The van der Waals surface area contributed by atoms with Gasteiger partial charge >= 0.3 is 0 Å². The summed E-state index contributed by atoms with van der Waals surface area (Å²) in [5, 5.41) is 7.46. The molecule has 0 aliphatic heterocycles. The Morgan fingerprint density at radius 3 is 2.56 bits per heavy atom. The van der Waals surface area contributed by atoms with E-state index < -0.39 is 0 Å². The molecular weight excluding hydrogens is 362 g/mol. The van der Waals surface area contributed by atoms with Crippen molar-refractivity contribution < 1.29 is 9.53 Å². The summed E-state index contributed by atoms with van der Waals surface area (Å²) in [7, 11) is 1.63. The third-order valence-corrected chi connectivity index (χ3v) is 4.50. The number of methoxy groups -OCH3 is 1. The number of aromatic nitrogens is 4. The van der Waals surface area contributed by atoms with Crippen LogP contribution in [0.25, 0.3) is 0 Å². The van der Waals surface area contributed by atoms with Gasteiger partial charge in [-0.2, -0.15) is 5.10 Å². The van der Waals surface area contributed by atoms with Crippen molar-refractivity contribution in [1.82, 2.24) is 24.4 Å². The van der Waals surface area contributed by atoms with Crippen molar-refractivity contribution in [1.29, 1.82) is 0 Å². The fraction of sp³-hybridized carbons (Fsp3) is 0.316. The van der Waals surface area contributed by atoms with E-state index in [4.69, 9.17) is 17.0 Å². The third kappa shape index (κ3) is 4.46. The highest BCUT2D eigenvalue weighted by molar-refractivity contribution is 7.71. The number of carbonyl (C=O) groups is 1. The largest absolute Gasteiger partial charge is 0.497 e. The molecule has 0 radical (unpaired) electrons. The van der Waals surface area contributed by atoms with Crippen LogP contribution >= 0.6 is 12.2 Å². The quantitative estimate of drug-likeness (QED) is 0.606. The van der Waals surface area contributed by atoms with E-state index in [9.17, 15) is 4.79 Å². The minimum Gasteiger partial charge on any atom is -0.497 e. The van der Waals surface area contributed by atoms with Crippen molar-refractivity contribution in [2.24, 2.45) is 0 Å². The fourth-order valence-corrected chi connectivity index (χ4v) is 3.06. The minimum atomic E-state index is -0.137. The van der Waals surface area contributed by atoms with Crippen LogP contribution < -0.4 is 10.1 Å². The molecule has 0 aliphatic rings. The first-order valence-corrected chi connectivity index (χ1v) is 9.25. The van der Waals surface area contributed by atoms with Crippen LogP contribution in [0.15, 0.2) is 48.8 Å². The molecule has 0 bridgehead atoms. The second-order valence-electron chi connectivity index (χ2n) is 6.11. The molecule has 2 heterocycles. The van der Waals surface area contributed by atoms with Gasteiger partial charge in [-0.1, -0.05) is 19.1 Å². The maximum Gasteiger partial charge on any atom is 0.242 e. The van der Waals surface area contributed by atoms with Crippen molar-refractivity contribution in [2.75, 3.05) is 7.11 Å². The van der Waals surface area contributed by atoms with E-state index in [1.807, 2.05) is 58.1 Å². The zero-order valence-electron chi connectivity index (χ0n) is 15.5. The standard InChI is InChI=1S/C19H23N5O2S/c1-3-6-17-21-23(19(27)24(17)22-11-4-5-12-22)14-18(25)20-13-15-7-9-16(26-2)10-8-15/h4-5,7-12H,3,6,13-14H2,1-2H3,(H,20,25). The van der Waals surface area contributed by atoms with Crippen molar-refractivity contribution in [3.63, 3.8) is 0 Å². The average molecular weight is 385 g/mol. The van der Waals surface area contributed by atoms with Crippen molar-refractivity contribution in [3.05, 3.63) is 65.0 Å². The molecule has 0 saturated carbocycles. The molecule has 0 saturated heterocycles. The molecule has 2 aromatic heterocycles. The Balaban J connectivity index is 1.70. The van der Waals surface area contributed by atoms with Crippen molar-refractivity contribution in [2.45, 2.75) is 32.9 Å². The Labute approximate surface area is 163 Å². The van der Waals surface area contributed by atoms with Crippen LogP contribution in [-0.2, 0) is 24.3 Å². The maximum atomic E-state index is 12.4. The van der Waals surface area contributed by atoms with E-state index in [1.54, 1.807) is 11.8 Å². The Morgan fingerprint density at radius 1 is 1.22 bits per heavy atom. The van der Waals surface area contributed by atoms with Crippen molar-refractivity contribution >= 4 is 18.1 Å². The summed E-state index contributed by atoms with van der Waals surface area (Å²) in [6.45, 7) is 2.61. The maximum absolute atomic E-state index is 12.4. The molecule has 0 spiro atoms. The lowest BCUT2D eigenvalue weighted by molar-refractivity contribution is -0.122. The average Bonchev–Trinajstić information content (AvgIpc) is 3.29. The molecule has 0 unspecified atom stereocenters. The number of hydrogen-bond acceptors (Lipinski definition) is 4. The van der Waals surface area contributed by atoms with Crippen LogP contribution in [0, 0.1) is 4.77 Å². The SMILES string of the molecule is CCCc1nn(CC(=O)NCc2ccc(OC)cc2)c(=S)n1-n1cccc1. The Morgan fingerprint density at radius 2 is 1.93 bits per heavy atom. The van der Waals surface area contributed by atoms with Crippen LogP contribution in [0.4, 0.5) is 0 Å². The Bertz CT molecular complexity index is 942. The number of rotatable bonds is 8. The summed E-state index contributed by atoms with van der Waals surface area (Å²) in [4.78, 5) is 12.4. The van der Waals surface area contributed by atoms with Crippen LogP contribution in [0.3, 0.4) is 0 Å². The number of amides is 1. The molecule has 0 fully saturated rings. The molecule has 27 heavy (non-hydrogen) atoms. The number of aryl methyl sites for hydroxylation is 1. The smallest absolute Gasteiger partial charge is 0.242 e. The second-order valence-corrected chi connectivity index (χ2v) is 6.47. The minimum absolute atomic E-state index is 0.0833. The highest BCUT2D eigenvalue weighted by atomic mass is 32.1. The fourth-order valence-electron chi connectivity index (χ4n) is 2.75. The van der Waals surface area contributed by atoms with Gasteiger partial charge in [0.25, 0.3) is 0 Å². The van der Waals surface area contributed by atoms with Crippen LogP contribution in [-0.4, -0.2) is 32.1 Å². The number of nitrogens with zero attached hydrogens (tertiary/aromatic N) is 4. The van der Waals surface area contributed by atoms with Crippen LogP contribution in [0.5, 0.6) is 5.75 Å². The summed E-state index contributed by atoms with van der Waals surface area (Å²) in [6, 6.07) is 11.4. The highest BCUT2D eigenvalue weighted by Gasteiger charge is 2.13. The van der Waals surface area contributed by atoms with Gasteiger partial charge in [0.1, 0.15) is 12.3 Å². The van der Waals surface area contributed by atoms with Gasteiger partial charge in [-0.05, 0) is 48.5 Å². The number of benzene rings is 1. The zero-order valence-corrected chi connectivity index (χ0v) is 16.3. The molecule has 1 amide bonds. The summed E-state index contributed by atoms with van der Waals surface area (Å²) in [6.07, 6.45) is 5.54. The summed E-state index contributed by atoms with van der Waals surface area (Å²) >= 11 is 5.55. The Kier molecular flexibility index (Phi) is 6.08. The predicted molar refractivity (Wildman–Crippen MR) is 105 cm³/mol. The van der Waals surface area contributed by atoms with Gasteiger partial charge in [-0.3, -0.25) is 9.47 Å². The zero-order chi connectivity index (χ0) is 19.2. The summed E-state index contributed by atoms with van der Waals surface area (Å²) < 4.78 is 10.9. The van der Waals surface area contributed by atoms with E-state index in [0.29, 0.717) is 11.3 Å². The predicted octanol–water partition coefficient (Wildman–Crippen LogP) is 2.80. The lowest BCUT2D eigenvalue weighted by atomic mass is 10.2. The van der Waals surface area contributed by atoms with Gasteiger partial charge in [0.15, 0.2) is 5.82 Å². The molecule has 7 nitrogen and oxygen atoms in total. The topological polar surface area (TPSA) is 66.0 Å². The van der Waals surface area contributed by atoms with E-state index in [-0.39, 0.29) is 12.5 Å². The van der Waals surface area contributed by atoms with Gasteiger partial charge in [0, 0.05) is 25.4 Å². The molecule has 8 heteroatoms. The first-order chi connectivity index (χ1) is 13.1. The van der Waals surface area contributed by atoms with E-state index in [2.05, 4.69) is 17.3 Å². The highest BCUT2D eigenvalue weighted by Crippen LogP contribution is 2.11. The lowest BCUT2D eigenvalue weighted by Gasteiger charge is -2.07. The molecule has 3 aromatic rings. The number of carbonyl (C=O) groups excluding carboxylic acids is 1. The van der Waals surface area contributed by atoms with E-state index in [1.165, 1.54) is 0 Å². The second kappa shape index (κ2) is 8.68. The summed E-state index contributed by atoms with van der Waals surface area (Å²) in [5.74, 6) is 1.49. The van der Waals surface area contributed by atoms with E-state index in [0.717, 1.165) is 30.0 Å². The van der Waals surface area contributed by atoms with Crippen LogP contribution in [0.2, 0.25) is 0 Å². The van der Waals surface area contributed by atoms with Gasteiger partial charge in [-0.15, -0.1) is 0 Å². The van der Waals surface area contributed by atoms with Gasteiger partial charge in [0.05, 0.1) is 7.11 Å². The third-order valence-electron chi connectivity index (χ3n) is 4.12. The Hall–Kier alpha value is -2.87. The lowest BCUT2D eigenvalue weighted by Crippen LogP contribution is -2.27. The number of nitrogens with one attached hydrogen (secondary N) is 1. The van der Waals surface area contributed by atoms with Crippen molar-refractivity contribution in [3.8, 4) is 5.75 Å². The number of hydrogen-bond donors (Lipinski definition) is 1. The normalized spacial score (nSPS) is 10.7. The van der Waals surface area contributed by atoms with Gasteiger partial charge in [-0.25, -0.2) is 9.36 Å². The molecule has 0 aliphatic carbocycles. The number of ether oxygens (including phenoxy) is 1.